The SMILES string of the molecule is CCOc1c(Br)cc(Cl)cc1NC(=O)CNC(=O)CN.Cl. The van der Waals surface area contributed by atoms with Gasteiger partial charge < -0.3 is 21.1 Å². The number of nitrogens with two attached hydrogens (primary N) is 1. The molecule has 6 nitrogen and oxygen atoms in total. The predicted octanol–water partition coefficient (Wildman–Crippen LogP) is 1.94. The summed E-state index contributed by atoms with van der Waals surface area (Å²) in [7, 11) is 0. The van der Waals surface area contributed by atoms with Gasteiger partial charge in [-0.15, -0.1) is 12.4 Å². The lowest BCUT2D eigenvalue weighted by Gasteiger charge is -2.14. The molecule has 0 atom stereocenters. The molecule has 0 aromatic heterocycles. The second-order valence-electron chi connectivity index (χ2n) is 3.73. The summed E-state index contributed by atoms with van der Waals surface area (Å²) in [5.74, 6) is -0.324. The van der Waals surface area contributed by atoms with Gasteiger partial charge in [-0.2, -0.15) is 0 Å². The summed E-state index contributed by atoms with van der Waals surface area (Å²) in [4.78, 5) is 22.7. The summed E-state index contributed by atoms with van der Waals surface area (Å²) in [5.41, 5.74) is 5.56. The molecule has 0 saturated carbocycles. The minimum absolute atomic E-state index is 0. The molecule has 0 heterocycles. The van der Waals surface area contributed by atoms with Crippen LogP contribution in [0.4, 0.5) is 5.69 Å². The van der Waals surface area contributed by atoms with Gasteiger partial charge in [-0.05, 0) is 35.0 Å². The van der Waals surface area contributed by atoms with E-state index >= 15 is 0 Å². The van der Waals surface area contributed by atoms with Gasteiger partial charge in [-0.3, -0.25) is 9.59 Å². The van der Waals surface area contributed by atoms with Crippen molar-refractivity contribution in [3.63, 3.8) is 0 Å². The first-order valence-corrected chi connectivity index (χ1v) is 7.03. The Morgan fingerprint density at radius 3 is 2.62 bits per heavy atom. The first-order valence-electron chi connectivity index (χ1n) is 5.86. The van der Waals surface area contributed by atoms with Gasteiger partial charge in [-0.1, -0.05) is 11.6 Å². The second kappa shape index (κ2) is 9.83. The van der Waals surface area contributed by atoms with Gasteiger partial charge in [0.05, 0.1) is 29.9 Å². The zero-order chi connectivity index (χ0) is 15.1. The Balaban J connectivity index is 0.00000400. The Morgan fingerprint density at radius 2 is 2.05 bits per heavy atom. The summed E-state index contributed by atoms with van der Waals surface area (Å²) in [6.45, 7) is 1.92. The minimum Gasteiger partial charge on any atom is -0.491 e. The van der Waals surface area contributed by atoms with E-state index in [1.807, 2.05) is 6.92 Å². The lowest BCUT2D eigenvalue weighted by Crippen LogP contribution is -2.36. The molecule has 0 spiro atoms. The van der Waals surface area contributed by atoms with E-state index in [1.54, 1.807) is 12.1 Å². The van der Waals surface area contributed by atoms with Crippen LogP contribution in [0.15, 0.2) is 16.6 Å². The van der Waals surface area contributed by atoms with Gasteiger partial charge in [-0.25, -0.2) is 0 Å². The minimum atomic E-state index is -0.405. The average Bonchev–Trinajstić information content (AvgIpc) is 2.39. The van der Waals surface area contributed by atoms with Crippen LogP contribution >= 0.6 is 39.9 Å². The monoisotopic (exact) mass is 399 g/mol. The first-order chi connectivity index (χ1) is 9.47. The van der Waals surface area contributed by atoms with Crippen LogP contribution in [-0.2, 0) is 9.59 Å². The number of carbonyl (C=O) groups excluding carboxylic acids is 2. The van der Waals surface area contributed by atoms with Crippen molar-refractivity contribution < 1.29 is 14.3 Å². The largest absolute Gasteiger partial charge is 0.491 e. The highest BCUT2D eigenvalue weighted by molar-refractivity contribution is 9.10. The van der Waals surface area contributed by atoms with E-state index in [0.717, 1.165) is 0 Å². The lowest BCUT2D eigenvalue weighted by atomic mass is 10.3. The number of ether oxygens (including phenoxy) is 1. The van der Waals surface area contributed by atoms with Gasteiger partial charge in [0, 0.05) is 5.02 Å². The Morgan fingerprint density at radius 1 is 1.38 bits per heavy atom. The van der Waals surface area contributed by atoms with Crippen molar-refractivity contribution in [1.29, 1.82) is 0 Å². The second-order valence-corrected chi connectivity index (χ2v) is 5.02. The van der Waals surface area contributed by atoms with Crippen molar-refractivity contribution in [3.8, 4) is 5.75 Å². The fourth-order valence-electron chi connectivity index (χ4n) is 1.39. The standard InChI is InChI=1S/C12H15BrClN3O3.ClH/c1-2-20-12-8(13)3-7(14)4-9(12)17-11(19)6-16-10(18)5-15;/h3-4H,2,5-6,15H2,1H3,(H,16,18)(H,17,19);1H. The van der Waals surface area contributed by atoms with Crippen LogP contribution in [0.25, 0.3) is 0 Å². The van der Waals surface area contributed by atoms with Gasteiger partial charge >= 0.3 is 0 Å². The zero-order valence-corrected chi connectivity index (χ0v) is 14.4. The van der Waals surface area contributed by atoms with Crippen LogP contribution in [0.2, 0.25) is 5.02 Å². The summed E-state index contributed by atoms with van der Waals surface area (Å²) < 4.78 is 6.08. The first kappa shape index (κ1) is 20.0. The molecular formula is C12H16BrCl2N3O3. The summed E-state index contributed by atoms with van der Waals surface area (Å²) in [5, 5.41) is 5.44. The van der Waals surface area contributed by atoms with E-state index in [0.29, 0.717) is 27.5 Å². The molecule has 4 N–H and O–H groups in total. The highest BCUT2D eigenvalue weighted by atomic mass is 79.9. The van der Waals surface area contributed by atoms with E-state index in [2.05, 4.69) is 26.6 Å². The van der Waals surface area contributed by atoms with Crippen LogP contribution in [0.5, 0.6) is 5.75 Å². The van der Waals surface area contributed by atoms with Crippen LogP contribution in [0.1, 0.15) is 6.92 Å². The number of rotatable bonds is 6. The third-order valence-electron chi connectivity index (χ3n) is 2.20. The normalized spacial score (nSPS) is 9.52. The molecule has 118 valence electrons. The molecule has 21 heavy (non-hydrogen) atoms. The molecule has 1 aromatic carbocycles. The highest BCUT2D eigenvalue weighted by Crippen LogP contribution is 2.36. The predicted molar refractivity (Wildman–Crippen MR) is 88.3 cm³/mol. The molecule has 0 radical (unpaired) electrons. The number of hydrogen-bond donors (Lipinski definition) is 3. The van der Waals surface area contributed by atoms with Gasteiger partial charge in [0.2, 0.25) is 11.8 Å². The van der Waals surface area contributed by atoms with Crippen LogP contribution in [0, 0.1) is 0 Å². The molecule has 1 aromatic rings. The number of benzene rings is 1. The molecule has 1 rings (SSSR count). The van der Waals surface area contributed by atoms with Crippen molar-refractivity contribution in [2.75, 3.05) is 25.0 Å². The molecule has 0 aliphatic rings. The van der Waals surface area contributed by atoms with Gasteiger partial charge in [0.1, 0.15) is 0 Å². The highest BCUT2D eigenvalue weighted by Gasteiger charge is 2.13. The summed E-state index contributed by atoms with van der Waals surface area (Å²) >= 11 is 9.25. The third-order valence-corrected chi connectivity index (χ3v) is 3.01. The fourth-order valence-corrected chi connectivity index (χ4v) is 2.31. The number of carbonyl (C=O) groups is 2. The van der Waals surface area contributed by atoms with Crippen molar-refractivity contribution in [2.24, 2.45) is 5.73 Å². The average molecular weight is 401 g/mol. The number of halogens is 3. The lowest BCUT2D eigenvalue weighted by molar-refractivity contribution is -0.123. The number of hydrogen-bond acceptors (Lipinski definition) is 4. The van der Waals surface area contributed by atoms with Crippen molar-refractivity contribution >= 4 is 57.4 Å². The van der Waals surface area contributed by atoms with Crippen molar-refractivity contribution in [1.82, 2.24) is 5.32 Å². The Labute approximate surface area is 142 Å². The van der Waals surface area contributed by atoms with Gasteiger partial charge in [0.15, 0.2) is 5.75 Å². The topological polar surface area (TPSA) is 93.5 Å². The van der Waals surface area contributed by atoms with Crippen LogP contribution in [0.3, 0.4) is 0 Å². The van der Waals surface area contributed by atoms with Crippen molar-refractivity contribution in [3.05, 3.63) is 21.6 Å². The molecule has 9 heteroatoms. The number of nitrogens with one attached hydrogen (secondary N) is 2. The van der Waals surface area contributed by atoms with Crippen LogP contribution in [-0.4, -0.2) is 31.5 Å². The van der Waals surface area contributed by atoms with E-state index in [1.165, 1.54) is 0 Å². The molecule has 0 aliphatic heterocycles. The third kappa shape index (κ3) is 6.52. The zero-order valence-electron chi connectivity index (χ0n) is 11.2. The van der Waals surface area contributed by atoms with E-state index in [9.17, 15) is 9.59 Å². The molecule has 0 fully saturated rings. The van der Waals surface area contributed by atoms with Gasteiger partial charge in [0.25, 0.3) is 0 Å². The van der Waals surface area contributed by atoms with Crippen LogP contribution < -0.4 is 21.1 Å². The maximum atomic E-state index is 11.7. The fraction of sp³-hybridized carbons (Fsp3) is 0.333. The maximum absolute atomic E-state index is 11.7. The summed E-state index contributed by atoms with van der Waals surface area (Å²) in [6, 6.07) is 3.23. The molecule has 2 amide bonds. The molecule has 0 aliphatic carbocycles. The Kier molecular flexibility index (Phi) is 9.36. The summed E-state index contributed by atoms with van der Waals surface area (Å²) in [6.07, 6.45) is 0. The molecule has 0 unspecified atom stereocenters. The van der Waals surface area contributed by atoms with E-state index < -0.39 is 11.8 Å². The maximum Gasteiger partial charge on any atom is 0.243 e. The quantitative estimate of drug-likeness (QED) is 0.680. The van der Waals surface area contributed by atoms with E-state index in [-0.39, 0.29) is 25.5 Å². The number of amides is 2. The number of anilines is 1. The smallest absolute Gasteiger partial charge is 0.243 e. The van der Waals surface area contributed by atoms with E-state index in [4.69, 9.17) is 22.1 Å². The Bertz CT molecular complexity index is 515. The molecular weight excluding hydrogens is 385 g/mol. The molecule has 0 saturated heterocycles. The Hall–Kier alpha value is -1.02. The van der Waals surface area contributed by atoms with Crippen molar-refractivity contribution in [2.45, 2.75) is 6.92 Å². The molecule has 0 bridgehead atoms.